The summed E-state index contributed by atoms with van der Waals surface area (Å²) in [5, 5.41) is 2.76. The van der Waals surface area contributed by atoms with Crippen LogP contribution in [0.25, 0.3) is 0 Å². The number of alkyl halides is 2. The summed E-state index contributed by atoms with van der Waals surface area (Å²) in [5.41, 5.74) is 1.89. The SMILES string of the molecule is COC(=O)[C@@H]1C[C@@H](N2CCC(F)(F)CC2)CN1C(=O)OCc1ccc(NC(=O)Cc2ccc(F)cc2)cc1. The summed E-state index contributed by atoms with van der Waals surface area (Å²) in [6.45, 7) is 0.513. The minimum atomic E-state index is -2.68. The first-order valence-corrected chi connectivity index (χ1v) is 12.4. The van der Waals surface area contributed by atoms with Gasteiger partial charge >= 0.3 is 12.1 Å². The predicted octanol–water partition coefficient (Wildman–Crippen LogP) is 3.99. The monoisotopic (exact) mass is 533 g/mol. The lowest BCUT2D eigenvalue weighted by Gasteiger charge is -2.35. The summed E-state index contributed by atoms with van der Waals surface area (Å²) < 4.78 is 50.4. The van der Waals surface area contributed by atoms with E-state index in [2.05, 4.69) is 5.32 Å². The molecule has 8 nitrogen and oxygen atoms in total. The van der Waals surface area contributed by atoms with Crippen LogP contribution in [0.15, 0.2) is 48.5 Å². The first-order chi connectivity index (χ1) is 18.1. The van der Waals surface area contributed by atoms with Crippen molar-refractivity contribution >= 4 is 23.7 Å². The van der Waals surface area contributed by atoms with Crippen LogP contribution < -0.4 is 5.32 Å². The van der Waals surface area contributed by atoms with Gasteiger partial charge in [0, 0.05) is 44.2 Å². The Labute approximate surface area is 218 Å². The van der Waals surface area contributed by atoms with E-state index >= 15 is 0 Å². The first kappa shape index (κ1) is 27.4. The Bertz CT molecular complexity index is 1130. The number of nitrogens with zero attached hydrogens (tertiary/aromatic N) is 2. The summed E-state index contributed by atoms with van der Waals surface area (Å²) in [7, 11) is 1.24. The van der Waals surface area contributed by atoms with Crippen molar-refractivity contribution in [3.8, 4) is 0 Å². The van der Waals surface area contributed by atoms with Gasteiger partial charge in [-0.2, -0.15) is 0 Å². The average molecular weight is 534 g/mol. The molecule has 2 amide bonds. The molecule has 2 saturated heterocycles. The molecule has 2 aromatic rings. The van der Waals surface area contributed by atoms with E-state index in [0.717, 1.165) is 0 Å². The van der Waals surface area contributed by atoms with Gasteiger partial charge in [0.05, 0.1) is 13.5 Å². The van der Waals surface area contributed by atoms with Crippen molar-refractivity contribution in [3.05, 3.63) is 65.5 Å². The fourth-order valence-corrected chi connectivity index (χ4v) is 4.76. The van der Waals surface area contributed by atoms with E-state index in [-0.39, 0.29) is 63.3 Å². The molecular weight excluding hydrogens is 503 g/mol. The molecule has 0 aromatic heterocycles. The van der Waals surface area contributed by atoms with Gasteiger partial charge in [-0.15, -0.1) is 0 Å². The molecule has 4 rings (SSSR count). The van der Waals surface area contributed by atoms with Gasteiger partial charge in [-0.05, 0) is 41.8 Å². The summed E-state index contributed by atoms with van der Waals surface area (Å²) in [5.74, 6) is -3.89. The second-order valence-corrected chi connectivity index (χ2v) is 9.58. The van der Waals surface area contributed by atoms with Gasteiger partial charge in [0.1, 0.15) is 18.5 Å². The molecule has 1 N–H and O–H groups in total. The molecule has 0 spiro atoms. The van der Waals surface area contributed by atoms with Crippen LogP contribution in [0, 0.1) is 5.82 Å². The van der Waals surface area contributed by atoms with Crippen LogP contribution in [0.2, 0.25) is 0 Å². The molecule has 0 radical (unpaired) electrons. The highest BCUT2D eigenvalue weighted by atomic mass is 19.3. The largest absolute Gasteiger partial charge is 0.467 e. The van der Waals surface area contributed by atoms with Crippen molar-refractivity contribution < 1.29 is 37.0 Å². The molecule has 2 aliphatic heterocycles. The van der Waals surface area contributed by atoms with Crippen molar-refractivity contribution in [2.24, 2.45) is 0 Å². The van der Waals surface area contributed by atoms with Gasteiger partial charge in [-0.1, -0.05) is 24.3 Å². The van der Waals surface area contributed by atoms with Gasteiger partial charge in [0.25, 0.3) is 5.92 Å². The number of likely N-dealkylation sites (tertiary alicyclic amines) is 2. The number of nitrogens with one attached hydrogen (secondary N) is 1. The summed E-state index contributed by atoms with van der Waals surface area (Å²) in [6.07, 6.45) is -0.807. The molecule has 204 valence electrons. The maximum Gasteiger partial charge on any atom is 0.410 e. The van der Waals surface area contributed by atoms with Gasteiger partial charge in [0.15, 0.2) is 0 Å². The molecule has 38 heavy (non-hydrogen) atoms. The maximum atomic E-state index is 13.6. The molecule has 11 heteroatoms. The van der Waals surface area contributed by atoms with Gasteiger partial charge < -0.3 is 14.8 Å². The number of anilines is 1. The van der Waals surface area contributed by atoms with E-state index in [0.29, 0.717) is 23.2 Å². The number of methoxy groups -OCH3 is 1. The van der Waals surface area contributed by atoms with E-state index in [1.165, 1.54) is 24.1 Å². The summed E-state index contributed by atoms with van der Waals surface area (Å²) in [6, 6.07) is 11.3. The van der Waals surface area contributed by atoms with Crippen LogP contribution >= 0.6 is 0 Å². The van der Waals surface area contributed by atoms with Crippen LogP contribution in [0.3, 0.4) is 0 Å². The average Bonchev–Trinajstić information content (AvgIpc) is 3.34. The van der Waals surface area contributed by atoms with Crippen LogP contribution in [-0.4, -0.2) is 72.5 Å². The van der Waals surface area contributed by atoms with Crippen LogP contribution in [0.4, 0.5) is 23.7 Å². The quantitative estimate of drug-likeness (QED) is 0.542. The van der Waals surface area contributed by atoms with E-state index < -0.39 is 24.0 Å². The van der Waals surface area contributed by atoms with Crippen molar-refractivity contribution in [2.75, 3.05) is 32.1 Å². The zero-order valence-electron chi connectivity index (χ0n) is 21.0. The second kappa shape index (κ2) is 11.8. The Morgan fingerprint density at radius 2 is 1.63 bits per heavy atom. The van der Waals surface area contributed by atoms with E-state index in [1.54, 1.807) is 36.4 Å². The Morgan fingerprint density at radius 1 is 1.00 bits per heavy atom. The number of hydrogen-bond acceptors (Lipinski definition) is 6. The predicted molar refractivity (Wildman–Crippen MR) is 132 cm³/mol. The Kier molecular flexibility index (Phi) is 8.55. The Balaban J connectivity index is 1.29. The summed E-state index contributed by atoms with van der Waals surface area (Å²) in [4.78, 5) is 40.6. The van der Waals surface area contributed by atoms with Crippen molar-refractivity contribution in [2.45, 2.75) is 50.3 Å². The highest BCUT2D eigenvalue weighted by molar-refractivity contribution is 5.92. The minimum Gasteiger partial charge on any atom is -0.467 e. The molecule has 0 aliphatic carbocycles. The van der Waals surface area contributed by atoms with E-state index in [4.69, 9.17) is 9.47 Å². The molecule has 2 atom stereocenters. The minimum absolute atomic E-state index is 0.0619. The lowest BCUT2D eigenvalue weighted by Crippen LogP contribution is -2.46. The zero-order chi connectivity index (χ0) is 27.3. The number of hydrogen-bond donors (Lipinski definition) is 1. The molecule has 0 saturated carbocycles. The van der Waals surface area contributed by atoms with E-state index in [1.807, 2.05) is 4.90 Å². The number of halogens is 3. The maximum absolute atomic E-state index is 13.6. The molecule has 0 unspecified atom stereocenters. The fraction of sp³-hybridized carbons (Fsp3) is 0.444. The van der Waals surface area contributed by atoms with Crippen LogP contribution in [0.1, 0.15) is 30.4 Å². The van der Waals surface area contributed by atoms with Gasteiger partial charge in [-0.25, -0.2) is 22.8 Å². The number of ether oxygens (including phenoxy) is 2. The number of amides is 2. The highest BCUT2D eigenvalue weighted by Crippen LogP contribution is 2.32. The smallest absolute Gasteiger partial charge is 0.410 e. The fourth-order valence-electron chi connectivity index (χ4n) is 4.76. The van der Waals surface area contributed by atoms with Gasteiger partial charge in [-0.3, -0.25) is 14.6 Å². The third-order valence-corrected chi connectivity index (χ3v) is 6.91. The topological polar surface area (TPSA) is 88.2 Å². The number of carbonyl (C=O) groups excluding carboxylic acids is 3. The van der Waals surface area contributed by atoms with Crippen molar-refractivity contribution in [1.82, 2.24) is 9.80 Å². The molecular formula is C27H30F3N3O5. The standard InChI is InChI=1S/C27H30F3N3O5/c1-37-25(35)23-15-22(32-12-10-27(29,30)11-13-32)16-33(23)26(36)38-17-19-4-8-21(9-5-19)31-24(34)14-18-2-6-20(28)7-3-18/h2-9,22-23H,10-17H2,1H3,(H,31,34)/t22-,23+/m1/s1. The third kappa shape index (κ3) is 7.03. The lowest BCUT2D eigenvalue weighted by molar-refractivity contribution is -0.145. The van der Waals surface area contributed by atoms with Crippen molar-refractivity contribution in [3.63, 3.8) is 0 Å². The molecule has 2 fully saturated rings. The molecule has 2 aliphatic rings. The molecule has 2 aromatic carbocycles. The van der Waals surface area contributed by atoms with Gasteiger partial charge in [0.2, 0.25) is 5.91 Å². The third-order valence-electron chi connectivity index (χ3n) is 6.91. The van der Waals surface area contributed by atoms with E-state index in [9.17, 15) is 27.6 Å². The first-order valence-electron chi connectivity index (χ1n) is 12.4. The number of rotatable bonds is 7. The Hall–Kier alpha value is -3.60. The van der Waals surface area contributed by atoms with Crippen LogP contribution in [-0.2, 0) is 32.1 Å². The molecule has 0 bridgehead atoms. The second-order valence-electron chi connectivity index (χ2n) is 9.58. The zero-order valence-corrected chi connectivity index (χ0v) is 21.0. The normalized spacial score (nSPS) is 21.1. The lowest BCUT2D eigenvalue weighted by atomic mass is 10.0. The summed E-state index contributed by atoms with van der Waals surface area (Å²) >= 11 is 0. The Morgan fingerprint density at radius 3 is 2.26 bits per heavy atom. The number of carbonyl (C=O) groups is 3. The van der Waals surface area contributed by atoms with Crippen LogP contribution in [0.5, 0.6) is 0 Å². The number of benzene rings is 2. The number of esters is 1. The van der Waals surface area contributed by atoms with Crippen molar-refractivity contribution in [1.29, 1.82) is 0 Å². The molecule has 2 heterocycles. The number of piperidine rings is 1. The highest BCUT2D eigenvalue weighted by Gasteiger charge is 2.45.